The van der Waals surface area contributed by atoms with Crippen molar-refractivity contribution in [1.29, 1.82) is 5.26 Å². The number of nitriles is 1. The first-order chi connectivity index (χ1) is 10.2. The van der Waals surface area contributed by atoms with Gasteiger partial charge in [-0.15, -0.1) is 5.10 Å². The number of ether oxygens (including phenoxy) is 1. The van der Waals surface area contributed by atoms with E-state index in [4.69, 9.17) is 10.5 Å². The highest BCUT2D eigenvalue weighted by Gasteiger charge is 2.34. The first kappa shape index (κ1) is 13.2. The lowest BCUT2D eigenvalue weighted by molar-refractivity contribution is 0.378. The Hall–Kier alpha value is -2.81. The molecule has 0 fully saturated rings. The van der Waals surface area contributed by atoms with E-state index < -0.39 is 5.92 Å². The van der Waals surface area contributed by atoms with E-state index in [0.717, 1.165) is 16.8 Å². The number of nitrogens with zero attached hydrogens (tertiary/aromatic N) is 2. The van der Waals surface area contributed by atoms with Crippen LogP contribution < -0.4 is 10.5 Å². The molecular weight excluding hydrogens is 271 g/mol. The standard InChI is InChI=1S/C15H13FN4O/c1-2-11-13-12(8-3-5-9(16)6-4-8)10(7-17)14(18)21-15(13)20-19-11/h3-6,12H,2,18H2,1H3,(H,19,20)/t12-/m0/s1. The number of nitrogens with two attached hydrogens (primary N) is 1. The van der Waals surface area contributed by atoms with Crippen LogP contribution in [0.1, 0.15) is 29.7 Å². The number of nitrogens with one attached hydrogen (secondary N) is 1. The van der Waals surface area contributed by atoms with Gasteiger partial charge in [0.25, 0.3) is 0 Å². The summed E-state index contributed by atoms with van der Waals surface area (Å²) in [5.74, 6) is -0.316. The maximum Gasteiger partial charge on any atom is 0.244 e. The van der Waals surface area contributed by atoms with E-state index in [2.05, 4.69) is 16.3 Å². The average molecular weight is 284 g/mol. The van der Waals surface area contributed by atoms with Crippen LogP contribution in [0.2, 0.25) is 0 Å². The highest BCUT2D eigenvalue weighted by atomic mass is 19.1. The zero-order valence-electron chi connectivity index (χ0n) is 11.4. The summed E-state index contributed by atoms with van der Waals surface area (Å²) in [6.07, 6.45) is 0.710. The summed E-state index contributed by atoms with van der Waals surface area (Å²) in [5, 5.41) is 16.4. The molecule has 1 atom stereocenters. The molecule has 0 radical (unpaired) electrons. The third kappa shape index (κ3) is 2.03. The molecule has 1 aromatic heterocycles. The summed E-state index contributed by atoms with van der Waals surface area (Å²) in [5.41, 5.74) is 8.57. The Morgan fingerprint density at radius 3 is 2.76 bits per heavy atom. The van der Waals surface area contributed by atoms with Crippen molar-refractivity contribution in [2.45, 2.75) is 19.3 Å². The molecule has 3 rings (SSSR count). The molecule has 6 heteroatoms. The van der Waals surface area contributed by atoms with Gasteiger partial charge in [-0.05, 0) is 24.1 Å². The van der Waals surface area contributed by atoms with E-state index in [1.807, 2.05) is 6.92 Å². The van der Waals surface area contributed by atoms with E-state index in [1.165, 1.54) is 12.1 Å². The molecule has 21 heavy (non-hydrogen) atoms. The Balaban J connectivity index is 2.22. The summed E-state index contributed by atoms with van der Waals surface area (Å²) in [6, 6.07) is 8.11. The van der Waals surface area contributed by atoms with Crippen LogP contribution >= 0.6 is 0 Å². The fourth-order valence-electron chi connectivity index (χ4n) is 2.57. The second-order valence-corrected chi connectivity index (χ2v) is 4.75. The summed E-state index contributed by atoms with van der Waals surface area (Å²) < 4.78 is 18.6. The molecule has 0 saturated heterocycles. The van der Waals surface area contributed by atoms with E-state index in [0.29, 0.717) is 17.9 Å². The second kappa shape index (κ2) is 4.94. The largest absolute Gasteiger partial charge is 0.420 e. The van der Waals surface area contributed by atoms with Crippen molar-refractivity contribution < 1.29 is 9.13 Å². The minimum Gasteiger partial charge on any atom is -0.420 e. The van der Waals surface area contributed by atoms with Crippen molar-refractivity contribution in [3.63, 3.8) is 0 Å². The van der Waals surface area contributed by atoms with Gasteiger partial charge in [-0.25, -0.2) is 4.39 Å². The van der Waals surface area contributed by atoms with E-state index in [9.17, 15) is 9.65 Å². The molecule has 2 heterocycles. The predicted octanol–water partition coefficient (Wildman–Crippen LogP) is 2.33. The summed E-state index contributed by atoms with van der Waals surface area (Å²) in [7, 11) is 0. The minimum atomic E-state index is -0.395. The molecule has 0 unspecified atom stereocenters. The zero-order chi connectivity index (χ0) is 15.0. The topological polar surface area (TPSA) is 87.7 Å². The van der Waals surface area contributed by atoms with Crippen molar-refractivity contribution in [1.82, 2.24) is 10.2 Å². The number of aromatic amines is 1. The van der Waals surface area contributed by atoms with Gasteiger partial charge in [0.05, 0.1) is 5.92 Å². The lowest BCUT2D eigenvalue weighted by Gasteiger charge is -2.23. The van der Waals surface area contributed by atoms with Crippen LogP contribution in [-0.2, 0) is 6.42 Å². The molecule has 3 N–H and O–H groups in total. The van der Waals surface area contributed by atoms with Gasteiger partial charge in [0.1, 0.15) is 17.5 Å². The van der Waals surface area contributed by atoms with Crippen LogP contribution in [0.25, 0.3) is 0 Å². The smallest absolute Gasteiger partial charge is 0.244 e. The molecule has 0 saturated carbocycles. The van der Waals surface area contributed by atoms with Gasteiger partial charge < -0.3 is 10.5 Å². The number of fused-ring (bicyclic) bond motifs is 1. The maximum atomic E-state index is 13.1. The molecule has 0 aliphatic carbocycles. The van der Waals surface area contributed by atoms with E-state index in [1.54, 1.807) is 12.1 Å². The molecule has 0 amide bonds. The Kier molecular flexibility index (Phi) is 3.10. The number of hydrogen-bond donors (Lipinski definition) is 2. The van der Waals surface area contributed by atoms with Crippen molar-refractivity contribution in [3.8, 4) is 11.9 Å². The third-order valence-corrected chi connectivity index (χ3v) is 3.57. The van der Waals surface area contributed by atoms with Crippen LogP contribution in [0.5, 0.6) is 5.88 Å². The Bertz CT molecular complexity index is 755. The first-order valence-electron chi connectivity index (χ1n) is 6.55. The first-order valence-corrected chi connectivity index (χ1v) is 6.55. The fraction of sp³-hybridized carbons (Fsp3) is 0.200. The number of halogens is 1. The van der Waals surface area contributed by atoms with Crippen molar-refractivity contribution in [2.75, 3.05) is 0 Å². The quantitative estimate of drug-likeness (QED) is 0.886. The molecule has 1 aliphatic rings. The van der Waals surface area contributed by atoms with Crippen molar-refractivity contribution >= 4 is 0 Å². The maximum absolute atomic E-state index is 13.1. The Morgan fingerprint density at radius 1 is 1.43 bits per heavy atom. The molecular formula is C15H13FN4O. The molecule has 2 aromatic rings. The Labute approximate surface area is 120 Å². The van der Waals surface area contributed by atoms with Crippen molar-refractivity contribution in [3.05, 3.63) is 58.4 Å². The number of benzene rings is 1. The predicted molar refractivity (Wildman–Crippen MR) is 73.7 cm³/mol. The number of rotatable bonds is 2. The van der Waals surface area contributed by atoms with Crippen LogP contribution in [0.15, 0.2) is 35.7 Å². The van der Waals surface area contributed by atoms with Gasteiger partial charge in [0, 0.05) is 11.3 Å². The molecule has 1 aromatic carbocycles. The van der Waals surface area contributed by atoms with Crippen LogP contribution in [-0.4, -0.2) is 10.2 Å². The van der Waals surface area contributed by atoms with Crippen LogP contribution in [0, 0.1) is 17.1 Å². The summed E-state index contributed by atoms with van der Waals surface area (Å²) >= 11 is 0. The lowest BCUT2D eigenvalue weighted by atomic mass is 9.84. The minimum absolute atomic E-state index is 0.0356. The fourth-order valence-corrected chi connectivity index (χ4v) is 2.57. The van der Waals surface area contributed by atoms with Gasteiger partial charge in [-0.2, -0.15) is 5.26 Å². The average Bonchev–Trinajstić information content (AvgIpc) is 2.89. The van der Waals surface area contributed by atoms with E-state index in [-0.39, 0.29) is 11.7 Å². The molecule has 0 spiro atoms. The summed E-state index contributed by atoms with van der Waals surface area (Å²) in [6.45, 7) is 1.98. The van der Waals surface area contributed by atoms with Crippen molar-refractivity contribution in [2.24, 2.45) is 5.73 Å². The number of aryl methyl sites for hydroxylation is 1. The number of H-pyrrole nitrogens is 1. The highest BCUT2D eigenvalue weighted by Crippen LogP contribution is 2.42. The monoisotopic (exact) mass is 284 g/mol. The number of aromatic nitrogens is 2. The SMILES string of the molecule is CCc1[nH]nc2c1[C@@H](c1ccc(F)cc1)C(C#N)=C(N)O2. The Morgan fingerprint density at radius 2 is 2.14 bits per heavy atom. The van der Waals surface area contributed by atoms with E-state index >= 15 is 0 Å². The van der Waals surface area contributed by atoms with Crippen LogP contribution in [0.4, 0.5) is 4.39 Å². The second-order valence-electron chi connectivity index (χ2n) is 4.75. The normalized spacial score (nSPS) is 17.1. The lowest BCUT2D eigenvalue weighted by Crippen LogP contribution is -2.21. The van der Waals surface area contributed by atoms with Gasteiger partial charge >= 0.3 is 0 Å². The van der Waals surface area contributed by atoms with Gasteiger partial charge in [-0.1, -0.05) is 19.1 Å². The van der Waals surface area contributed by atoms with Gasteiger partial charge in [-0.3, -0.25) is 5.10 Å². The molecule has 5 nitrogen and oxygen atoms in total. The molecule has 0 bridgehead atoms. The molecule has 106 valence electrons. The zero-order valence-corrected chi connectivity index (χ0v) is 11.4. The third-order valence-electron chi connectivity index (χ3n) is 3.57. The summed E-state index contributed by atoms with van der Waals surface area (Å²) in [4.78, 5) is 0. The van der Waals surface area contributed by atoms with Gasteiger partial charge in [0.15, 0.2) is 0 Å². The van der Waals surface area contributed by atoms with Crippen LogP contribution in [0.3, 0.4) is 0 Å². The molecule has 1 aliphatic heterocycles. The number of allylic oxidation sites excluding steroid dienone is 1. The number of hydrogen-bond acceptors (Lipinski definition) is 4. The van der Waals surface area contributed by atoms with Gasteiger partial charge in [0.2, 0.25) is 11.8 Å². The highest BCUT2D eigenvalue weighted by molar-refractivity contribution is 5.55.